The molecule has 1 N–H and O–H groups in total. The summed E-state index contributed by atoms with van der Waals surface area (Å²) in [6, 6.07) is 8.71. The van der Waals surface area contributed by atoms with Crippen molar-refractivity contribution < 1.29 is 9.59 Å². The zero-order valence-electron chi connectivity index (χ0n) is 13.1. The van der Waals surface area contributed by atoms with Gasteiger partial charge in [0, 0.05) is 38.8 Å². The number of anilines is 1. The van der Waals surface area contributed by atoms with Crippen molar-refractivity contribution >= 4 is 40.7 Å². The Bertz CT molecular complexity index is 723. The van der Waals surface area contributed by atoms with Crippen LogP contribution in [-0.2, 0) is 16.1 Å². The fourth-order valence-corrected chi connectivity index (χ4v) is 2.55. The van der Waals surface area contributed by atoms with E-state index in [4.69, 9.17) is 23.2 Å². The van der Waals surface area contributed by atoms with Crippen LogP contribution >= 0.6 is 23.2 Å². The summed E-state index contributed by atoms with van der Waals surface area (Å²) in [5, 5.41) is 3.47. The smallest absolute Gasteiger partial charge is 0.223 e. The van der Waals surface area contributed by atoms with Gasteiger partial charge < -0.3 is 10.2 Å². The van der Waals surface area contributed by atoms with Crippen molar-refractivity contribution in [2.45, 2.75) is 19.9 Å². The molecule has 0 unspecified atom stereocenters. The van der Waals surface area contributed by atoms with Gasteiger partial charge in [0.15, 0.2) is 0 Å². The number of carbonyl (C=O) groups excluding carboxylic acids is 2. The van der Waals surface area contributed by atoms with E-state index in [9.17, 15) is 9.59 Å². The Kier molecular flexibility index (Phi) is 6.58. The van der Waals surface area contributed by atoms with Gasteiger partial charge in [0.2, 0.25) is 11.8 Å². The van der Waals surface area contributed by atoms with E-state index >= 15 is 0 Å². The summed E-state index contributed by atoms with van der Waals surface area (Å²) in [7, 11) is 0. The van der Waals surface area contributed by atoms with E-state index in [-0.39, 0.29) is 24.8 Å². The number of benzene rings is 1. The predicted molar refractivity (Wildman–Crippen MR) is 95.2 cm³/mol. The first-order valence-electron chi connectivity index (χ1n) is 7.36. The van der Waals surface area contributed by atoms with E-state index in [0.29, 0.717) is 22.3 Å². The molecule has 1 heterocycles. The van der Waals surface area contributed by atoms with E-state index in [2.05, 4.69) is 10.3 Å². The summed E-state index contributed by atoms with van der Waals surface area (Å²) in [5.74, 6) is -0.364. The van der Waals surface area contributed by atoms with Crippen molar-refractivity contribution in [3.8, 4) is 0 Å². The second kappa shape index (κ2) is 8.66. The Hall–Kier alpha value is -2.11. The van der Waals surface area contributed by atoms with Crippen molar-refractivity contribution in [2.24, 2.45) is 0 Å². The molecule has 126 valence electrons. The molecule has 0 atom stereocenters. The highest BCUT2D eigenvalue weighted by molar-refractivity contribution is 6.44. The summed E-state index contributed by atoms with van der Waals surface area (Å²) < 4.78 is 0. The number of nitrogens with one attached hydrogen (secondary N) is 1. The van der Waals surface area contributed by atoms with Gasteiger partial charge in [-0.1, -0.05) is 29.3 Å². The third-order valence-electron chi connectivity index (χ3n) is 3.40. The Balaban J connectivity index is 1.95. The summed E-state index contributed by atoms with van der Waals surface area (Å²) in [6.07, 6.45) is 3.49. The largest absolute Gasteiger partial charge is 0.352 e. The van der Waals surface area contributed by atoms with Crippen LogP contribution in [0.15, 0.2) is 42.7 Å². The Morgan fingerprint density at radius 3 is 2.54 bits per heavy atom. The topological polar surface area (TPSA) is 62.3 Å². The van der Waals surface area contributed by atoms with Gasteiger partial charge in [0.25, 0.3) is 0 Å². The van der Waals surface area contributed by atoms with Crippen LogP contribution in [0.5, 0.6) is 0 Å². The molecular formula is C17H17Cl2N3O2. The lowest BCUT2D eigenvalue weighted by molar-refractivity contribution is -0.121. The molecule has 2 amide bonds. The van der Waals surface area contributed by atoms with Crippen LogP contribution in [0.3, 0.4) is 0 Å². The minimum Gasteiger partial charge on any atom is -0.352 e. The minimum atomic E-state index is -0.207. The van der Waals surface area contributed by atoms with Gasteiger partial charge in [-0.2, -0.15) is 0 Å². The molecule has 1 aromatic carbocycles. The quantitative estimate of drug-likeness (QED) is 0.852. The highest BCUT2D eigenvalue weighted by Gasteiger charge is 2.17. The normalized spacial score (nSPS) is 10.3. The van der Waals surface area contributed by atoms with Crippen LogP contribution in [0.2, 0.25) is 10.0 Å². The number of hydrogen-bond donors (Lipinski definition) is 1. The molecule has 0 aliphatic heterocycles. The molecule has 0 saturated heterocycles. The first-order valence-corrected chi connectivity index (χ1v) is 8.12. The van der Waals surface area contributed by atoms with E-state index in [1.54, 1.807) is 30.6 Å². The van der Waals surface area contributed by atoms with Gasteiger partial charge in [0.1, 0.15) is 0 Å². The van der Waals surface area contributed by atoms with Crippen molar-refractivity contribution in [1.29, 1.82) is 0 Å². The molecule has 0 bridgehead atoms. The van der Waals surface area contributed by atoms with Crippen LogP contribution in [0.25, 0.3) is 0 Å². The monoisotopic (exact) mass is 365 g/mol. The Morgan fingerprint density at radius 2 is 1.88 bits per heavy atom. The van der Waals surface area contributed by atoms with E-state index in [1.165, 1.54) is 11.8 Å². The highest BCUT2D eigenvalue weighted by Crippen LogP contribution is 2.32. The Labute approximate surface area is 150 Å². The molecule has 0 radical (unpaired) electrons. The number of pyridine rings is 1. The number of amides is 2. The van der Waals surface area contributed by atoms with Crippen LogP contribution in [0.4, 0.5) is 5.69 Å². The molecule has 2 aromatic rings. The fourth-order valence-electron chi connectivity index (χ4n) is 2.15. The van der Waals surface area contributed by atoms with Gasteiger partial charge in [-0.05, 0) is 29.8 Å². The maximum atomic E-state index is 12.0. The van der Waals surface area contributed by atoms with E-state index in [1.807, 2.05) is 12.1 Å². The van der Waals surface area contributed by atoms with Crippen LogP contribution in [0.1, 0.15) is 18.9 Å². The maximum Gasteiger partial charge on any atom is 0.223 e. The molecule has 24 heavy (non-hydrogen) atoms. The SMILES string of the molecule is CC(=O)N(CCC(=O)NCc1ccncc1)c1cccc(Cl)c1Cl. The second-order valence-corrected chi connectivity index (χ2v) is 5.91. The van der Waals surface area contributed by atoms with Crippen LogP contribution < -0.4 is 10.2 Å². The van der Waals surface area contributed by atoms with E-state index in [0.717, 1.165) is 5.56 Å². The maximum absolute atomic E-state index is 12.0. The molecule has 0 aliphatic carbocycles. The number of aromatic nitrogens is 1. The lowest BCUT2D eigenvalue weighted by atomic mass is 10.2. The van der Waals surface area contributed by atoms with Crippen molar-refractivity contribution in [3.63, 3.8) is 0 Å². The molecule has 0 aliphatic rings. The van der Waals surface area contributed by atoms with Crippen molar-refractivity contribution in [2.75, 3.05) is 11.4 Å². The zero-order chi connectivity index (χ0) is 17.5. The van der Waals surface area contributed by atoms with Gasteiger partial charge >= 0.3 is 0 Å². The highest BCUT2D eigenvalue weighted by atomic mass is 35.5. The average molecular weight is 366 g/mol. The molecule has 2 rings (SSSR count). The van der Waals surface area contributed by atoms with Gasteiger partial charge in [0.05, 0.1) is 15.7 Å². The zero-order valence-corrected chi connectivity index (χ0v) is 14.6. The summed E-state index contributed by atoms with van der Waals surface area (Å²) in [6.45, 7) is 2.06. The molecule has 7 heteroatoms. The number of halogens is 2. The first kappa shape index (κ1) is 18.2. The minimum absolute atomic E-state index is 0.156. The predicted octanol–water partition coefficient (Wildman–Crippen LogP) is 3.45. The van der Waals surface area contributed by atoms with Gasteiger partial charge in [-0.3, -0.25) is 14.6 Å². The summed E-state index contributed by atoms with van der Waals surface area (Å²) in [4.78, 5) is 29.3. The van der Waals surface area contributed by atoms with Crippen molar-refractivity contribution in [1.82, 2.24) is 10.3 Å². The number of hydrogen-bond acceptors (Lipinski definition) is 3. The van der Waals surface area contributed by atoms with Crippen LogP contribution in [-0.4, -0.2) is 23.3 Å². The number of carbonyl (C=O) groups is 2. The van der Waals surface area contributed by atoms with Gasteiger partial charge in [-0.25, -0.2) is 0 Å². The molecule has 0 fully saturated rings. The number of nitrogens with zero attached hydrogens (tertiary/aromatic N) is 2. The lowest BCUT2D eigenvalue weighted by Gasteiger charge is -2.22. The van der Waals surface area contributed by atoms with Crippen molar-refractivity contribution in [3.05, 3.63) is 58.3 Å². The van der Waals surface area contributed by atoms with Crippen LogP contribution in [0, 0.1) is 0 Å². The molecule has 1 aromatic heterocycles. The first-order chi connectivity index (χ1) is 11.5. The molecule has 5 nitrogen and oxygen atoms in total. The third-order valence-corrected chi connectivity index (χ3v) is 4.21. The summed E-state index contributed by atoms with van der Waals surface area (Å²) in [5.41, 5.74) is 1.46. The molecular weight excluding hydrogens is 349 g/mol. The second-order valence-electron chi connectivity index (χ2n) is 5.13. The fraction of sp³-hybridized carbons (Fsp3) is 0.235. The Morgan fingerprint density at radius 1 is 1.17 bits per heavy atom. The number of rotatable bonds is 6. The summed E-state index contributed by atoms with van der Waals surface area (Å²) >= 11 is 12.1. The molecule has 0 spiro atoms. The standard InChI is InChI=1S/C17H17Cl2N3O2/c1-12(23)22(15-4-2-3-14(18)17(15)19)10-7-16(24)21-11-13-5-8-20-9-6-13/h2-6,8-9H,7,10-11H2,1H3,(H,21,24). The van der Waals surface area contributed by atoms with E-state index < -0.39 is 0 Å². The lowest BCUT2D eigenvalue weighted by Crippen LogP contribution is -2.34. The third kappa shape index (κ3) is 4.94. The molecule has 0 saturated carbocycles. The van der Waals surface area contributed by atoms with Gasteiger partial charge in [-0.15, -0.1) is 0 Å². The average Bonchev–Trinajstić information content (AvgIpc) is 2.57.